The Labute approximate surface area is 174 Å². The fourth-order valence-electron chi connectivity index (χ4n) is 2.90. The molecular weight excluding hydrogens is 426 g/mol. The number of alkyl halides is 3. The van der Waals surface area contributed by atoms with Crippen LogP contribution in [-0.4, -0.2) is 27.3 Å². The largest absolute Gasteiger partial charge is 0.465 e. The maximum Gasteiger partial charge on any atom is 0.417 e. The molecular formula is C20H16ClF4N3O2. The molecule has 3 rings (SSSR count). The fourth-order valence-corrected chi connectivity index (χ4v) is 3.15. The minimum absolute atomic E-state index is 0.0573. The van der Waals surface area contributed by atoms with Gasteiger partial charge in [0.25, 0.3) is 0 Å². The Morgan fingerprint density at radius 1 is 1.23 bits per heavy atom. The van der Waals surface area contributed by atoms with E-state index in [1.165, 1.54) is 41.2 Å². The summed E-state index contributed by atoms with van der Waals surface area (Å²) in [6, 6.07) is 7.87. The lowest BCUT2D eigenvalue weighted by Gasteiger charge is -2.18. The summed E-state index contributed by atoms with van der Waals surface area (Å²) in [5, 5.41) is 3.80. The normalized spacial score (nSPS) is 12.6. The van der Waals surface area contributed by atoms with Crippen LogP contribution in [0.2, 0.25) is 5.02 Å². The Kier molecular flexibility index (Phi) is 6.40. The van der Waals surface area contributed by atoms with E-state index >= 15 is 0 Å². The predicted octanol–water partition coefficient (Wildman–Crippen LogP) is 4.97. The molecule has 0 bridgehead atoms. The first-order valence-electron chi connectivity index (χ1n) is 8.88. The first-order valence-corrected chi connectivity index (χ1v) is 9.26. The zero-order valence-electron chi connectivity index (χ0n) is 15.7. The van der Waals surface area contributed by atoms with Gasteiger partial charge in [-0.1, -0.05) is 23.7 Å². The van der Waals surface area contributed by atoms with Gasteiger partial charge in [-0.05, 0) is 43.2 Å². The smallest absolute Gasteiger partial charge is 0.417 e. The van der Waals surface area contributed by atoms with Crippen molar-refractivity contribution in [3.05, 3.63) is 76.5 Å². The topological polar surface area (TPSA) is 57.0 Å². The second-order valence-electron chi connectivity index (χ2n) is 6.33. The van der Waals surface area contributed by atoms with Crippen molar-refractivity contribution in [2.75, 3.05) is 6.61 Å². The Balaban J connectivity index is 2.01. The summed E-state index contributed by atoms with van der Waals surface area (Å²) in [4.78, 5) is 16.4. The van der Waals surface area contributed by atoms with E-state index in [0.29, 0.717) is 17.5 Å². The van der Waals surface area contributed by atoms with Crippen LogP contribution in [0.3, 0.4) is 0 Å². The van der Waals surface area contributed by atoms with Crippen molar-refractivity contribution in [3.63, 3.8) is 0 Å². The number of esters is 1. The summed E-state index contributed by atoms with van der Waals surface area (Å²) in [7, 11) is 0. The van der Waals surface area contributed by atoms with E-state index in [4.69, 9.17) is 16.3 Å². The number of halogens is 5. The Morgan fingerprint density at radius 3 is 2.53 bits per heavy atom. The van der Waals surface area contributed by atoms with Crippen LogP contribution in [0.4, 0.5) is 17.6 Å². The number of carbonyl (C=O) groups excluding carboxylic acids is 1. The van der Waals surface area contributed by atoms with Crippen LogP contribution in [0.15, 0.2) is 48.8 Å². The second-order valence-corrected chi connectivity index (χ2v) is 6.74. The first-order chi connectivity index (χ1) is 14.2. The van der Waals surface area contributed by atoms with Crippen molar-refractivity contribution in [1.82, 2.24) is 14.8 Å². The molecule has 0 saturated heterocycles. The summed E-state index contributed by atoms with van der Waals surface area (Å²) in [5.41, 5.74) is -0.0150. The molecule has 0 saturated carbocycles. The minimum Gasteiger partial charge on any atom is -0.465 e. The summed E-state index contributed by atoms with van der Waals surface area (Å²) >= 11 is 6.04. The Hall–Kier alpha value is -2.94. The van der Waals surface area contributed by atoms with Crippen molar-refractivity contribution in [1.29, 1.82) is 0 Å². The van der Waals surface area contributed by atoms with Gasteiger partial charge in [-0.15, -0.1) is 0 Å². The van der Waals surface area contributed by atoms with Gasteiger partial charge in [0.2, 0.25) is 0 Å². The first kappa shape index (κ1) is 21.8. The third-order valence-corrected chi connectivity index (χ3v) is 4.58. The number of ether oxygens (including phenoxy) is 1. The highest BCUT2D eigenvalue weighted by Crippen LogP contribution is 2.33. The molecule has 0 fully saturated rings. The summed E-state index contributed by atoms with van der Waals surface area (Å²) in [6.45, 7) is 1.78. The van der Waals surface area contributed by atoms with Crippen LogP contribution in [0, 0.1) is 5.82 Å². The molecule has 158 valence electrons. The van der Waals surface area contributed by atoms with E-state index in [-0.39, 0.29) is 23.9 Å². The van der Waals surface area contributed by atoms with E-state index in [9.17, 15) is 22.4 Å². The van der Waals surface area contributed by atoms with Gasteiger partial charge in [-0.2, -0.15) is 18.3 Å². The molecule has 0 spiro atoms. The maximum atomic E-state index is 13.2. The molecule has 2 heterocycles. The zero-order valence-corrected chi connectivity index (χ0v) is 16.4. The highest BCUT2D eigenvalue weighted by Gasteiger charge is 2.33. The van der Waals surface area contributed by atoms with Crippen LogP contribution in [0.5, 0.6) is 0 Å². The van der Waals surface area contributed by atoms with Crippen LogP contribution in [-0.2, 0) is 22.1 Å². The fraction of sp³-hybridized carbons (Fsp3) is 0.250. The van der Waals surface area contributed by atoms with E-state index < -0.39 is 29.4 Å². The lowest BCUT2D eigenvalue weighted by Crippen LogP contribution is -2.22. The van der Waals surface area contributed by atoms with E-state index in [0.717, 1.165) is 6.07 Å². The predicted molar refractivity (Wildman–Crippen MR) is 101 cm³/mol. The Morgan fingerprint density at radius 2 is 1.93 bits per heavy atom. The number of benzene rings is 1. The molecule has 10 heteroatoms. The average Bonchev–Trinajstić information content (AvgIpc) is 3.16. The van der Waals surface area contributed by atoms with Gasteiger partial charge in [0.15, 0.2) is 5.82 Å². The lowest BCUT2D eigenvalue weighted by molar-refractivity contribution is -0.145. The Bertz CT molecular complexity index is 1040. The van der Waals surface area contributed by atoms with E-state index in [2.05, 4.69) is 10.1 Å². The summed E-state index contributed by atoms with van der Waals surface area (Å²) in [5.74, 6) is -1.90. The van der Waals surface area contributed by atoms with Gasteiger partial charge < -0.3 is 4.74 Å². The molecule has 0 aliphatic carbocycles. The van der Waals surface area contributed by atoms with Gasteiger partial charge in [0.1, 0.15) is 11.7 Å². The van der Waals surface area contributed by atoms with Gasteiger partial charge in [0.05, 0.1) is 22.9 Å². The van der Waals surface area contributed by atoms with Crippen LogP contribution in [0.1, 0.15) is 29.7 Å². The number of hydrogen-bond donors (Lipinski definition) is 0. The van der Waals surface area contributed by atoms with Crippen LogP contribution in [0.25, 0.3) is 5.82 Å². The molecule has 30 heavy (non-hydrogen) atoms. The molecule has 0 aliphatic heterocycles. The van der Waals surface area contributed by atoms with Crippen molar-refractivity contribution in [2.24, 2.45) is 0 Å². The molecule has 5 nitrogen and oxygen atoms in total. The zero-order chi connectivity index (χ0) is 21.9. The average molecular weight is 442 g/mol. The molecule has 1 unspecified atom stereocenters. The molecule has 2 aromatic heterocycles. The molecule has 1 atom stereocenters. The summed E-state index contributed by atoms with van der Waals surface area (Å²) in [6.07, 6.45) is -2.42. The quantitative estimate of drug-likeness (QED) is 0.400. The highest BCUT2D eigenvalue weighted by molar-refractivity contribution is 6.32. The number of aromatic nitrogens is 3. The van der Waals surface area contributed by atoms with Crippen LogP contribution >= 0.6 is 11.6 Å². The molecule has 1 aromatic carbocycles. The molecule has 3 aromatic rings. The molecule has 0 radical (unpaired) electrons. The van der Waals surface area contributed by atoms with Crippen molar-refractivity contribution >= 4 is 17.6 Å². The van der Waals surface area contributed by atoms with Gasteiger partial charge >= 0.3 is 12.1 Å². The number of rotatable bonds is 6. The van der Waals surface area contributed by atoms with Crippen molar-refractivity contribution < 1.29 is 27.1 Å². The van der Waals surface area contributed by atoms with Crippen molar-refractivity contribution in [2.45, 2.75) is 25.4 Å². The van der Waals surface area contributed by atoms with Crippen molar-refractivity contribution in [3.8, 4) is 5.82 Å². The number of hydrogen-bond acceptors (Lipinski definition) is 4. The lowest BCUT2D eigenvalue weighted by atomic mass is 9.96. The molecule has 0 amide bonds. The second kappa shape index (κ2) is 8.83. The molecule has 0 N–H and O–H groups in total. The van der Waals surface area contributed by atoms with Crippen LogP contribution < -0.4 is 0 Å². The minimum atomic E-state index is -4.60. The van der Waals surface area contributed by atoms with Gasteiger partial charge in [-0.25, -0.2) is 14.1 Å². The van der Waals surface area contributed by atoms with Gasteiger partial charge in [-0.3, -0.25) is 4.79 Å². The highest BCUT2D eigenvalue weighted by atomic mass is 35.5. The maximum absolute atomic E-state index is 13.2. The van der Waals surface area contributed by atoms with Gasteiger partial charge in [0, 0.05) is 12.4 Å². The number of carbonyl (C=O) groups is 1. The van der Waals surface area contributed by atoms with E-state index in [1.54, 1.807) is 6.92 Å². The SMILES string of the molecule is CCOC(=O)C(Cc1ccc(F)cc1)c1ccnn1-c1ncc(C(F)(F)F)cc1Cl. The number of nitrogens with zero attached hydrogens (tertiary/aromatic N) is 3. The number of pyridine rings is 1. The monoisotopic (exact) mass is 441 g/mol. The molecule has 0 aliphatic rings. The van der Waals surface area contributed by atoms with E-state index in [1.807, 2.05) is 0 Å². The standard InChI is InChI=1S/C20H16ClF4N3O2/c1-2-30-19(29)15(9-12-3-5-14(22)6-4-12)17-7-8-27-28(17)18-16(21)10-13(11-26-18)20(23,24)25/h3-8,10-11,15H,2,9H2,1H3. The third kappa shape index (κ3) is 4.79. The summed E-state index contributed by atoms with van der Waals surface area (Å²) < 4.78 is 58.3. The third-order valence-electron chi connectivity index (χ3n) is 4.30.